The Morgan fingerprint density at radius 3 is 2.54 bits per heavy atom. The Labute approximate surface area is 140 Å². The molecular weight excluding hydrogens is 347 g/mol. The van der Waals surface area contributed by atoms with E-state index in [9.17, 15) is 23.3 Å². The number of ether oxygens (including phenoxy) is 1. The minimum atomic E-state index is -4.54. The van der Waals surface area contributed by atoms with Crippen LogP contribution in [-0.2, 0) is 12.6 Å². The summed E-state index contributed by atoms with van der Waals surface area (Å²) in [5.41, 5.74) is -0.705. The van der Waals surface area contributed by atoms with E-state index >= 15 is 0 Å². The predicted molar refractivity (Wildman–Crippen MR) is 83.5 cm³/mol. The van der Waals surface area contributed by atoms with Crippen molar-refractivity contribution in [3.05, 3.63) is 75.3 Å². The van der Waals surface area contributed by atoms with Crippen molar-refractivity contribution in [1.82, 2.24) is 0 Å². The van der Waals surface area contributed by atoms with Crippen molar-refractivity contribution in [2.75, 3.05) is 0 Å². The van der Waals surface area contributed by atoms with E-state index in [1.54, 1.807) is 0 Å². The zero-order valence-corrected chi connectivity index (χ0v) is 12.9. The number of nitrogens with zero attached hydrogens (tertiary/aromatic N) is 1. The van der Waals surface area contributed by atoms with Crippen LogP contribution in [0.2, 0.25) is 5.02 Å². The van der Waals surface area contributed by atoms with Crippen LogP contribution in [0.1, 0.15) is 11.1 Å². The molecule has 0 spiro atoms. The Balaban J connectivity index is 2.39. The van der Waals surface area contributed by atoms with Crippen molar-refractivity contribution < 1.29 is 22.8 Å². The molecule has 126 valence electrons. The molecule has 24 heavy (non-hydrogen) atoms. The van der Waals surface area contributed by atoms with E-state index in [2.05, 4.69) is 6.58 Å². The molecule has 0 atom stereocenters. The zero-order chi connectivity index (χ0) is 17.9. The van der Waals surface area contributed by atoms with Crippen LogP contribution in [0, 0.1) is 10.1 Å². The van der Waals surface area contributed by atoms with E-state index in [4.69, 9.17) is 16.3 Å². The number of hydrogen-bond acceptors (Lipinski definition) is 3. The fourth-order valence-corrected chi connectivity index (χ4v) is 2.16. The number of benzene rings is 2. The van der Waals surface area contributed by atoms with Gasteiger partial charge in [0.05, 0.1) is 15.5 Å². The number of halogens is 4. The Morgan fingerprint density at radius 2 is 1.96 bits per heavy atom. The molecule has 0 unspecified atom stereocenters. The van der Waals surface area contributed by atoms with Gasteiger partial charge in [-0.25, -0.2) is 0 Å². The minimum absolute atomic E-state index is 0.00776. The number of alkyl halides is 3. The molecule has 0 fully saturated rings. The van der Waals surface area contributed by atoms with Gasteiger partial charge in [-0.05, 0) is 36.8 Å². The molecule has 2 aromatic rings. The molecule has 0 aromatic heterocycles. The van der Waals surface area contributed by atoms with Gasteiger partial charge < -0.3 is 4.74 Å². The second kappa shape index (κ2) is 6.92. The van der Waals surface area contributed by atoms with E-state index in [1.165, 1.54) is 24.3 Å². The van der Waals surface area contributed by atoms with E-state index in [-0.39, 0.29) is 28.6 Å². The predicted octanol–water partition coefficient (Wildman–Crippen LogP) is 5.79. The van der Waals surface area contributed by atoms with Gasteiger partial charge >= 0.3 is 6.18 Å². The SMILES string of the molecule is C=CCc1cc(Oc2cc(C(F)(F)F)ccc2Cl)ccc1[N+](=O)[O-]. The van der Waals surface area contributed by atoms with Gasteiger partial charge in [-0.15, -0.1) is 6.58 Å². The lowest BCUT2D eigenvalue weighted by molar-refractivity contribution is -0.385. The van der Waals surface area contributed by atoms with Gasteiger partial charge in [-0.2, -0.15) is 13.2 Å². The standard InChI is InChI=1S/C16H11ClF3NO3/c1-2-3-10-8-12(5-7-14(10)21(22)23)24-15-9-11(16(18,19)20)4-6-13(15)17/h2,4-9H,1,3H2. The molecule has 0 aliphatic carbocycles. The first-order valence-corrected chi connectivity index (χ1v) is 7.03. The second-order valence-corrected chi connectivity index (χ2v) is 5.19. The van der Waals surface area contributed by atoms with Gasteiger partial charge in [0.1, 0.15) is 11.5 Å². The number of allylic oxidation sites excluding steroid dienone is 1. The van der Waals surface area contributed by atoms with Crippen LogP contribution >= 0.6 is 11.6 Å². The summed E-state index contributed by atoms with van der Waals surface area (Å²) < 4.78 is 43.7. The molecule has 8 heteroatoms. The van der Waals surface area contributed by atoms with Crippen LogP contribution in [0.4, 0.5) is 18.9 Å². The molecule has 0 saturated carbocycles. The maximum absolute atomic E-state index is 12.8. The summed E-state index contributed by atoms with van der Waals surface area (Å²) in [4.78, 5) is 10.4. The van der Waals surface area contributed by atoms with Gasteiger partial charge in [0.2, 0.25) is 0 Å². The van der Waals surface area contributed by atoms with E-state index in [0.717, 1.165) is 18.2 Å². The average Bonchev–Trinajstić information content (AvgIpc) is 2.48. The summed E-state index contributed by atoms with van der Waals surface area (Å²) in [5.74, 6) is -0.0522. The largest absolute Gasteiger partial charge is 0.456 e. The van der Waals surface area contributed by atoms with Crippen molar-refractivity contribution in [3.8, 4) is 11.5 Å². The molecule has 2 rings (SSSR count). The average molecular weight is 358 g/mol. The van der Waals surface area contributed by atoms with Crippen LogP contribution < -0.4 is 4.74 Å². The fourth-order valence-electron chi connectivity index (χ4n) is 2.01. The van der Waals surface area contributed by atoms with Crippen LogP contribution in [0.3, 0.4) is 0 Å². The van der Waals surface area contributed by atoms with Gasteiger partial charge in [-0.1, -0.05) is 17.7 Å². The highest BCUT2D eigenvalue weighted by Gasteiger charge is 2.31. The Kier molecular flexibility index (Phi) is 5.14. The van der Waals surface area contributed by atoms with Gasteiger partial charge in [0.15, 0.2) is 0 Å². The Hall–Kier alpha value is -2.54. The second-order valence-electron chi connectivity index (χ2n) is 4.79. The molecular formula is C16H11ClF3NO3. The maximum atomic E-state index is 12.8. The summed E-state index contributed by atoms with van der Waals surface area (Å²) in [6.07, 6.45) is -2.85. The monoisotopic (exact) mass is 357 g/mol. The molecule has 0 saturated heterocycles. The van der Waals surface area contributed by atoms with E-state index in [0.29, 0.717) is 5.56 Å². The first kappa shape index (κ1) is 17.8. The van der Waals surface area contributed by atoms with Crippen molar-refractivity contribution in [2.45, 2.75) is 12.6 Å². The van der Waals surface area contributed by atoms with Gasteiger partial charge in [0.25, 0.3) is 5.69 Å². The molecule has 2 aromatic carbocycles. The third-order valence-corrected chi connectivity index (χ3v) is 3.41. The highest BCUT2D eigenvalue weighted by Crippen LogP contribution is 2.37. The van der Waals surface area contributed by atoms with E-state index in [1.807, 2.05) is 0 Å². The number of nitro benzene ring substituents is 1. The summed E-state index contributed by atoms with van der Waals surface area (Å²) in [6.45, 7) is 3.51. The van der Waals surface area contributed by atoms with Crippen molar-refractivity contribution in [3.63, 3.8) is 0 Å². The van der Waals surface area contributed by atoms with Crippen molar-refractivity contribution >= 4 is 17.3 Å². The molecule has 0 radical (unpaired) electrons. The highest BCUT2D eigenvalue weighted by atomic mass is 35.5. The summed E-state index contributed by atoms with van der Waals surface area (Å²) in [6, 6.07) is 6.58. The normalized spacial score (nSPS) is 11.2. The lowest BCUT2D eigenvalue weighted by Gasteiger charge is -2.12. The quantitative estimate of drug-likeness (QED) is 0.386. The molecule has 0 aliphatic rings. The van der Waals surface area contributed by atoms with Crippen LogP contribution in [-0.4, -0.2) is 4.92 Å². The molecule has 0 amide bonds. The summed E-state index contributed by atoms with van der Waals surface area (Å²) in [7, 11) is 0. The Bertz CT molecular complexity index is 791. The smallest absolute Gasteiger partial charge is 0.416 e. The zero-order valence-electron chi connectivity index (χ0n) is 12.1. The fraction of sp³-hybridized carbons (Fsp3) is 0.125. The first-order chi connectivity index (χ1) is 11.2. The molecule has 4 nitrogen and oxygen atoms in total. The molecule has 0 N–H and O–H groups in total. The van der Waals surface area contributed by atoms with Crippen LogP contribution in [0.25, 0.3) is 0 Å². The maximum Gasteiger partial charge on any atom is 0.416 e. The first-order valence-electron chi connectivity index (χ1n) is 6.65. The van der Waals surface area contributed by atoms with Crippen molar-refractivity contribution in [1.29, 1.82) is 0 Å². The van der Waals surface area contributed by atoms with Crippen LogP contribution in [0.5, 0.6) is 11.5 Å². The van der Waals surface area contributed by atoms with Crippen molar-refractivity contribution in [2.24, 2.45) is 0 Å². The Morgan fingerprint density at radius 1 is 1.25 bits per heavy atom. The number of rotatable bonds is 5. The third-order valence-electron chi connectivity index (χ3n) is 3.10. The summed E-state index contributed by atoms with van der Waals surface area (Å²) in [5, 5.41) is 11.0. The molecule has 0 heterocycles. The van der Waals surface area contributed by atoms with E-state index < -0.39 is 16.7 Å². The highest BCUT2D eigenvalue weighted by molar-refractivity contribution is 6.32. The van der Waals surface area contributed by atoms with Crippen LogP contribution in [0.15, 0.2) is 49.1 Å². The lowest BCUT2D eigenvalue weighted by Crippen LogP contribution is -2.04. The summed E-state index contributed by atoms with van der Waals surface area (Å²) >= 11 is 5.86. The van der Waals surface area contributed by atoms with Gasteiger partial charge in [0, 0.05) is 11.6 Å². The molecule has 0 aliphatic heterocycles. The minimum Gasteiger partial charge on any atom is -0.456 e. The third kappa shape index (κ3) is 4.05. The lowest BCUT2D eigenvalue weighted by atomic mass is 10.1. The number of hydrogen-bond donors (Lipinski definition) is 0. The topological polar surface area (TPSA) is 52.4 Å². The number of nitro groups is 1. The molecule has 0 bridgehead atoms. The van der Waals surface area contributed by atoms with Gasteiger partial charge in [-0.3, -0.25) is 10.1 Å².